The molecule has 0 aliphatic carbocycles. The Hall–Kier alpha value is -2.37. The number of hydrogen-bond acceptors (Lipinski definition) is 3. The van der Waals surface area contributed by atoms with Gasteiger partial charge in [-0.3, -0.25) is 14.3 Å². The normalized spacial score (nSPS) is 16.7. The lowest BCUT2D eigenvalue weighted by atomic mass is 10.2. The molecule has 0 N–H and O–H groups in total. The van der Waals surface area contributed by atoms with Crippen molar-refractivity contribution in [3.63, 3.8) is 0 Å². The van der Waals surface area contributed by atoms with E-state index in [1.54, 1.807) is 27.9 Å². The minimum Gasteiger partial charge on any atom is -0.282 e. The molecule has 0 saturated heterocycles. The minimum absolute atomic E-state index is 0.298. The first kappa shape index (κ1) is 14.2. The fourth-order valence-corrected chi connectivity index (χ4v) is 3.08. The van der Waals surface area contributed by atoms with Crippen molar-refractivity contribution >= 4 is 40.5 Å². The summed E-state index contributed by atoms with van der Waals surface area (Å²) in [6, 6.07) is 14.6. The fraction of sp³-hybridized carbons (Fsp3) is 0.0625. The van der Waals surface area contributed by atoms with Gasteiger partial charge in [-0.2, -0.15) is 0 Å². The number of carbonyl (C=O) groups is 1. The number of aromatic nitrogens is 3. The van der Waals surface area contributed by atoms with Crippen molar-refractivity contribution in [3.8, 4) is 5.69 Å². The first-order valence-corrected chi connectivity index (χ1v) is 7.71. The van der Waals surface area contributed by atoms with Crippen LogP contribution >= 0.6 is 23.2 Å². The number of nitrogens with zero attached hydrogens (tertiary/aromatic N) is 4. The van der Waals surface area contributed by atoms with Crippen LogP contribution < -0.4 is 4.90 Å². The number of hydrogen-bond donors (Lipinski definition) is 0. The summed E-state index contributed by atoms with van der Waals surface area (Å²) < 4.78 is 1.71. The standard InChI is InChI=1S/C16H10Cl2N4O/c17-10-6-7-12-13(8-10)22(11-4-2-1-3-5-11)16(23)14(18)15-20-19-9-21(12)15/h1-9,14H. The van der Waals surface area contributed by atoms with Crippen molar-refractivity contribution in [1.82, 2.24) is 14.8 Å². The van der Waals surface area contributed by atoms with Crippen LogP contribution in [-0.4, -0.2) is 20.7 Å². The summed E-state index contributed by atoms with van der Waals surface area (Å²) in [6.45, 7) is 0. The number of para-hydroxylation sites is 1. The van der Waals surface area contributed by atoms with Crippen LogP contribution in [-0.2, 0) is 4.79 Å². The molecule has 5 nitrogen and oxygen atoms in total. The van der Waals surface area contributed by atoms with Gasteiger partial charge in [-0.15, -0.1) is 21.8 Å². The molecule has 114 valence electrons. The molecule has 1 amide bonds. The van der Waals surface area contributed by atoms with Crippen LogP contribution in [0.5, 0.6) is 0 Å². The van der Waals surface area contributed by atoms with Gasteiger partial charge in [0.2, 0.25) is 0 Å². The molecule has 1 aliphatic rings. The molecule has 4 rings (SSSR count). The third-order valence-corrected chi connectivity index (χ3v) is 4.31. The van der Waals surface area contributed by atoms with Gasteiger partial charge in [0.25, 0.3) is 5.91 Å². The van der Waals surface area contributed by atoms with Crippen LogP contribution in [0.2, 0.25) is 5.02 Å². The van der Waals surface area contributed by atoms with Crippen molar-refractivity contribution in [2.45, 2.75) is 5.38 Å². The Morgan fingerprint density at radius 1 is 1.04 bits per heavy atom. The Morgan fingerprint density at radius 3 is 2.61 bits per heavy atom. The number of rotatable bonds is 1. The first-order valence-electron chi connectivity index (χ1n) is 6.90. The predicted octanol–water partition coefficient (Wildman–Crippen LogP) is 3.88. The maximum Gasteiger partial charge on any atom is 0.257 e. The SMILES string of the molecule is O=C1C(Cl)c2nncn2-c2ccc(Cl)cc2N1c1ccccc1. The quantitative estimate of drug-likeness (QED) is 0.629. The zero-order chi connectivity index (χ0) is 16.0. The number of carbonyl (C=O) groups excluding carboxylic acids is 1. The number of alkyl halides is 1. The van der Waals surface area contributed by atoms with Gasteiger partial charge < -0.3 is 0 Å². The summed E-state index contributed by atoms with van der Waals surface area (Å²) in [7, 11) is 0. The third-order valence-electron chi connectivity index (χ3n) is 3.69. The van der Waals surface area contributed by atoms with Gasteiger partial charge in [-0.1, -0.05) is 29.8 Å². The molecule has 1 aromatic heterocycles. The molecule has 2 heterocycles. The molecule has 1 unspecified atom stereocenters. The van der Waals surface area contributed by atoms with Crippen LogP contribution in [0.3, 0.4) is 0 Å². The molecule has 2 aromatic carbocycles. The van der Waals surface area contributed by atoms with Gasteiger partial charge in [-0.05, 0) is 30.3 Å². The van der Waals surface area contributed by atoms with Crippen molar-refractivity contribution in [2.24, 2.45) is 0 Å². The molecular weight excluding hydrogens is 335 g/mol. The van der Waals surface area contributed by atoms with E-state index in [9.17, 15) is 4.79 Å². The van der Waals surface area contributed by atoms with E-state index < -0.39 is 5.38 Å². The molecule has 1 aliphatic heterocycles. The highest BCUT2D eigenvalue weighted by atomic mass is 35.5. The lowest BCUT2D eigenvalue weighted by molar-refractivity contribution is -0.117. The second-order valence-electron chi connectivity index (χ2n) is 5.06. The van der Waals surface area contributed by atoms with Crippen LogP contribution in [0.4, 0.5) is 11.4 Å². The zero-order valence-electron chi connectivity index (χ0n) is 11.7. The van der Waals surface area contributed by atoms with E-state index in [1.807, 2.05) is 36.4 Å². The van der Waals surface area contributed by atoms with Crippen molar-refractivity contribution < 1.29 is 4.79 Å². The van der Waals surface area contributed by atoms with E-state index in [2.05, 4.69) is 10.2 Å². The van der Waals surface area contributed by atoms with E-state index in [0.29, 0.717) is 22.2 Å². The highest BCUT2D eigenvalue weighted by Crippen LogP contribution is 2.40. The maximum atomic E-state index is 13.0. The monoisotopic (exact) mass is 344 g/mol. The summed E-state index contributed by atoms with van der Waals surface area (Å²) in [4.78, 5) is 14.5. The Morgan fingerprint density at radius 2 is 1.83 bits per heavy atom. The molecule has 23 heavy (non-hydrogen) atoms. The molecule has 0 fully saturated rings. The molecular formula is C16H10Cl2N4O. The molecule has 0 saturated carbocycles. The van der Waals surface area contributed by atoms with Gasteiger partial charge in [0.1, 0.15) is 6.33 Å². The van der Waals surface area contributed by atoms with E-state index in [4.69, 9.17) is 23.2 Å². The number of anilines is 2. The van der Waals surface area contributed by atoms with E-state index in [0.717, 1.165) is 5.69 Å². The highest BCUT2D eigenvalue weighted by Gasteiger charge is 2.35. The summed E-state index contributed by atoms with van der Waals surface area (Å²) in [5.41, 5.74) is 2.10. The van der Waals surface area contributed by atoms with Crippen molar-refractivity contribution in [1.29, 1.82) is 0 Å². The minimum atomic E-state index is -0.941. The second-order valence-corrected chi connectivity index (χ2v) is 5.94. The van der Waals surface area contributed by atoms with Gasteiger partial charge in [0.15, 0.2) is 11.2 Å². The Kier molecular flexibility index (Phi) is 3.32. The van der Waals surface area contributed by atoms with E-state index in [1.165, 1.54) is 0 Å². The molecule has 0 bridgehead atoms. The van der Waals surface area contributed by atoms with Crippen molar-refractivity contribution in [2.75, 3.05) is 4.90 Å². The number of amides is 1. The maximum absolute atomic E-state index is 13.0. The fourth-order valence-electron chi connectivity index (χ4n) is 2.67. The number of fused-ring (bicyclic) bond motifs is 3. The Bertz CT molecular complexity index is 894. The molecule has 0 spiro atoms. The zero-order valence-corrected chi connectivity index (χ0v) is 13.2. The van der Waals surface area contributed by atoms with Gasteiger partial charge >= 0.3 is 0 Å². The molecule has 0 radical (unpaired) electrons. The molecule has 1 atom stereocenters. The summed E-state index contributed by atoms with van der Waals surface area (Å²) in [5.74, 6) is 0.0896. The van der Waals surface area contributed by atoms with Crippen LogP contribution in [0.25, 0.3) is 5.69 Å². The van der Waals surface area contributed by atoms with Gasteiger partial charge in [0.05, 0.1) is 11.4 Å². The molecule has 3 aromatic rings. The largest absolute Gasteiger partial charge is 0.282 e. The smallest absolute Gasteiger partial charge is 0.257 e. The summed E-state index contributed by atoms with van der Waals surface area (Å²) in [6.07, 6.45) is 1.54. The summed E-state index contributed by atoms with van der Waals surface area (Å²) >= 11 is 12.5. The van der Waals surface area contributed by atoms with Crippen LogP contribution in [0.1, 0.15) is 11.2 Å². The van der Waals surface area contributed by atoms with Crippen LogP contribution in [0.15, 0.2) is 54.9 Å². The average Bonchev–Trinajstić information content (AvgIpc) is 3.02. The van der Waals surface area contributed by atoms with Crippen molar-refractivity contribution in [3.05, 3.63) is 65.7 Å². The average molecular weight is 345 g/mol. The van der Waals surface area contributed by atoms with Gasteiger partial charge in [-0.25, -0.2) is 0 Å². The lowest BCUT2D eigenvalue weighted by Crippen LogP contribution is -2.28. The number of halogens is 2. The summed E-state index contributed by atoms with van der Waals surface area (Å²) in [5, 5.41) is 7.46. The Labute approximate surface area is 142 Å². The highest BCUT2D eigenvalue weighted by molar-refractivity contribution is 6.34. The molecule has 7 heteroatoms. The number of benzene rings is 2. The van der Waals surface area contributed by atoms with E-state index in [-0.39, 0.29) is 5.91 Å². The first-order chi connectivity index (χ1) is 11.2. The van der Waals surface area contributed by atoms with E-state index >= 15 is 0 Å². The van der Waals surface area contributed by atoms with Crippen LogP contribution in [0, 0.1) is 0 Å². The topological polar surface area (TPSA) is 51.0 Å². The predicted molar refractivity (Wildman–Crippen MR) is 88.6 cm³/mol. The Balaban J connectivity index is 2.03. The third kappa shape index (κ3) is 2.20. The lowest BCUT2D eigenvalue weighted by Gasteiger charge is -2.24. The van der Waals surface area contributed by atoms with Gasteiger partial charge in [0, 0.05) is 10.7 Å². The second kappa shape index (κ2) is 5.37.